The molecule has 5 atom stereocenters. The summed E-state index contributed by atoms with van der Waals surface area (Å²) in [7, 11) is -3.31. The maximum Gasteiger partial charge on any atom is 0.211 e. The first-order chi connectivity index (χ1) is 18.9. The zero-order valence-corrected chi connectivity index (χ0v) is 23.4. The van der Waals surface area contributed by atoms with Crippen LogP contribution in [-0.2, 0) is 10.0 Å². The predicted octanol–water partition coefficient (Wildman–Crippen LogP) is 3.95. The maximum absolute atomic E-state index is 11.9. The van der Waals surface area contributed by atoms with Gasteiger partial charge in [-0.05, 0) is 75.2 Å². The minimum atomic E-state index is -3.31. The second kappa shape index (κ2) is 11.1. The zero-order chi connectivity index (χ0) is 27.0. The van der Waals surface area contributed by atoms with E-state index in [2.05, 4.69) is 51.6 Å². The third kappa shape index (κ3) is 5.68. The smallest absolute Gasteiger partial charge is 0.211 e. The lowest BCUT2D eigenvalue weighted by Crippen LogP contribution is -2.51. The van der Waals surface area contributed by atoms with E-state index >= 15 is 0 Å². The van der Waals surface area contributed by atoms with Crippen LogP contribution < -0.4 is 5.32 Å². The molecule has 3 aliphatic rings. The summed E-state index contributed by atoms with van der Waals surface area (Å²) in [5.74, 6) is 1.75. The van der Waals surface area contributed by atoms with E-state index in [0.717, 1.165) is 42.4 Å². The number of fused-ring (bicyclic) bond motifs is 1. The number of nitrogens with zero attached hydrogens (tertiary/aromatic N) is 4. The Bertz CT molecular complexity index is 1400. The van der Waals surface area contributed by atoms with Crippen LogP contribution in [-0.4, -0.2) is 83.3 Å². The van der Waals surface area contributed by atoms with E-state index in [1.807, 2.05) is 18.5 Å². The number of anilines is 1. The number of sulfonamides is 1. The number of aliphatic hydroxyl groups excluding tert-OH is 1. The molecule has 2 N–H and O–H groups in total. The monoisotopic (exact) mass is 549 g/mol. The van der Waals surface area contributed by atoms with E-state index in [1.54, 1.807) is 0 Å². The Morgan fingerprint density at radius 3 is 2.56 bits per heavy atom. The summed E-state index contributed by atoms with van der Waals surface area (Å²) in [5, 5.41) is 16.2. The summed E-state index contributed by atoms with van der Waals surface area (Å²) < 4.78 is 25.1. The van der Waals surface area contributed by atoms with Crippen LogP contribution in [0.1, 0.15) is 61.6 Å². The van der Waals surface area contributed by atoms with E-state index in [9.17, 15) is 13.5 Å². The van der Waals surface area contributed by atoms with E-state index in [1.165, 1.54) is 35.4 Å². The van der Waals surface area contributed by atoms with Gasteiger partial charge >= 0.3 is 0 Å². The minimum absolute atomic E-state index is 0.0988. The Balaban J connectivity index is 1.15. The normalized spacial score (nSPS) is 29.0. The van der Waals surface area contributed by atoms with Gasteiger partial charge in [-0.1, -0.05) is 30.3 Å². The zero-order valence-electron chi connectivity index (χ0n) is 22.6. The van der Waals surface area contributed by atoms with Crippen LogP contribution in [0.15, 0.2) is 54.9 Å². The summed E-state index contributed by atoms with van der Waals surface area (Å²) in [6.45, 7) is 2.73. The molecule has 0 amide bonds. The van der Waals surface area contributed by atoms with Crippen LogP contribution in [0.25, 0.3) is 10.8 Å². The van der Waals surface area contributed by atoms with Gasteiger partial charge in [-0.25, -0.2) is 13.4 Å². The number of pyridine rings is 2. The highest BCUT2D eigenvalue weighted by molar-refractivity contribution is 7.88. The number of nitrogens with one attached hydrogen (secondary N) is 1. The van der Waals surface area contributed by atoms with Crippen molar-refractivity contribution in [2.45, 2.75) is 68.5 Å². The number of hydrogen-bond acceptors (Lipinski definition) is 7. The number of hydrogen-bond donors (Lipinski definition) is 2. The van der Waals surface area contributed by atoms with Crippen molar-refractivity contribution in [1.82, 2.24) is 19.2 Å². The van der Waals surface area contributed by atoms with Gasteiger partial charge in [-0.3, -0.25) is 9.88 Å². The molecule has 2 aliphatic heterocycles. The van der Waals surface area contributed by atoms with Crippen molar-refractivity contribution in [3.05, 3.63) is 66.1 Å². The van der Waals surface area contributed by atoms with Gasteiger partial charge in [0.25, 0.3) is 0 Å². The Kier molecular flexibility index (Phi) is 7.59. The van der Waals surface area contributed by atoms with Crippen molar-refractivity contribution in [3.63, 3.8) is 0 Å². The Labute approximate surface area is 231 Å². The highest BCUT2D eigenvalue weighted by atomic mass is 32.2. The SMILES string of the molecule is CS(=O)(=O)N1CC[C@@H](Nc2cc3c([C@@H]4CCCN([C@@H]5CC[C@@H]5c5ccccc5)CC4)nccc3cn2)[C@H](O)C1. The molecule has 2 saturated heterocycles. The van der Waals surface area contributed by atoms with Gasteiger partial charge in [0.1, 0.15) is 5.82 Å². The first-order valence-electron chi connectivity index (χ1n) is 14.3. The van der Waals surface area contributed by atoms with E-state index in [4.69, 9.17) is 4.98 Å². The molecular formula is C30H39N5O3S. The molecule has 4 heterocycles. The molecule has 0 unspecified atom stereocenters. The van der Waals surface area contributed by atoms with Crippen molar-refractivity contribution in [1.29, 1.82) is 0 Å². The summed E-state index contributed by atoms with van der Waals surface area (Å²) in [6.07, 6.45) is 10.7. The molecule has 0 bridgehead atoms. The fourth-order valence-corrected chi connectivity index (χ4v) is 7.65. The summed E-state index contributed by atoms with van der Waals surface area (Å²) >= 11 is 0. The number of benzene rings is 1. The van der Waals surface area contributed by atoms with Gasteiger partial charge in [0.2, 0.25) is 10.0 Å². The van der Waals surface area contributed by atoms with Crippen molar-refractivity contribution in [2.24, 2.45) is 0 Å². The highest BCUT2D eigenvalue weighted by Crippen LogP contribution is 2.42. The van der Waals surface area contributed by atoms with Crippen LogP contribution >= 0.6 is 0 Å². The van der Waals surface area contributed by atoms with Gasteiger partial charge in [-0.2, -0.15) is 4.31 Å². The van der Waals surface area contributed by atoms with E-state index < -0.39 is 16.1 Å². The molecule has 1 aromatic carbocycles. The molecule has 39 heavy (non-hydrogen) atoms. The number of aliphatic hydroxyl groups is 1. The molecule has 3 aromatic rings. The van der Waals surface area contributed by atoms with Crippen LogP contribution in [0.5, 0.6) is 0 Å². The molecule has 1 aliphatic carbocycles. The highest BCUT2D eigenvalue weighted by Gasteiger charge is 2.37. The topological polar surface area (TPSA) is 98.7 Å². The maximum atomic E-state index is 11.9. The molecule has 1 saturated carbocycles. The molecule has 3 fully saturated rings. The number of rotatable bonds is 6. The van der Waals surface area contributed by atoms with Gasteiger partial charge in [0.05, 0.1) is 24.1 Å². The first kappa shape index (κ1) is 26.6. The predicted molar refractivity (Wildman–Crippen MR) is 154 cm³/mol. The quantitative estimate of drug-likeness (QED) is 0.480. The van der Waals surface area contributed by atoms with Crippen LogP contribution in [0.4, 0.5) is 5.82 Å². The lowest BCUT2D eigenvalue weighted by molar-refractivity contribution is 0.0952. The largest absolute Gasteiger partial charge is 0.390 e. The summed E-state index contributed by atoms with van der Waals surface area (Å²) in [5.41, 5.74) is 2.62. The van der Waals surface area contributed by atoms with Gasteiger partial charge in [0, 0.05) is 48.2 Å². The average molecular weight is 550 g/mol. The fraction of sp³-hybridized carbons (Fsp3) is 0.533. The van der Waals surface area contributed by atoms with Crippen LogP contribution in [0.3, 0.4) is 0 Å². The number of piperidine rings is 1. The summed E-state index contributed by atoms with van der Waals surface area (Å²) in [6, 6.07) is 15.5. The van der Waals surface area contributed by atoms with Crippen molar-refractivity contribution >= 4 is 26.6 Å². The Hall–Kier alpha value is -2.59. The van der Waals surface area contributed by atoms with Crippen molar-refractivity contribution in [3.8, 4) is 0 Å². The lowest BCUT2D eigenvalue weighted by atomic mass is 9.74. The average Bonchev–Trinajstić information content (AvgIpc) is 3.15. The summed E-state index contributed by atoms with van der Waals surface area (Å²) in [4.78, 5) is 12.2. The number of aromatic nitrogens is 2. The molecule has 208 valence electrons. The van der Waals surface area contributed by atoms with Gasteiger partial charge in [-0.15, -0.1) is 0 Å². The first-order valence-corrected chi connectivity index (χ1v) is 16.1. The molecule has 0 radical (unpaired) electrons. The lowest BCUT2D eigenvalue weighted by Gasteiger charge is -2.44. The third-order valence-electron chi connectivity index (χ3n) is 9.11. The fourth-order valence-electron chi connectivity index (χ4n) is 6.79. The van der Waals surface area contributed by atoms with E-state index in [0.29, 0.717) is 36.7 Å². The molecule has 2 aromatic heterocycles. The van der Waals surface area contributed by atoms with Gasteiger partial charge in [0.15, 0.2) is 0 Å². The second-order valence-corrected chi connectivity index (χ2v) is 13.5. The van der Waals surface area contributed by atoms with Crippen molar-refractivity contribution in [2.75, 3.05) is 37.8 Å². The number of likely N-dealkylation sites (tertiary alicyclic amines) is 1. The van der Waals surface area contributed by atoms with Crippen LogP contribution in [0, 0.1) is 0 Å². The Morgan fingerprint density at radius 2 is 1.82 bits per heavy atom. The van der Waals surface area contributed by atoms with E-state index in [-0.39, 0.29) is 12.6 Å². The van der Waals surface area contributed by atoms with Gasteiger partial charge < -0.3 is 10.4 Å². The third-order valence-corrected chi connectivity index (χ3v) is 10.4. The van der Waals surface area contributed by atoms with Crippen LogP contribution in [0.2, 0.25) is 0 Å². The van der Waals surface area contributed by atoms with Crippen molar-refractivity contribution < 1.29 is 13.5 Å². The molecule has 8 nitrogen and oxygen atoms in total. The minimum Gasteiger partial charge on any atom is -0.390 e. The molecular weight excluding hydrogens is 510 g/mol. The molecule has 6 rings (SSSR count). The standard InChI is InChI=1S/C30H39N5O3S/c1-39(37,38)35-17-13-26(28(36)20-35)33-29-18-25-23(19-32-29)11-14-31-30(25)22-8-5-15-34(16-12-22)27-10-9-24(27)21-6-3-2-4-7-21/h2-4,6-7,11,14,18-19,22,24,26-28,36H,5,8-10,12-13,15-17,20H2,1H3,(H,32,33)/t22-,24-,26-,27-,28-/m1/s1. The molecule has 9 heteroatoms. The molecule has 0 spiro atoms. The Morgan fingerprint density at radius 1 is 0.974 bits per heavy atom. The second-order valence-electron chi connectivity index (χ2n) is 11.5. The number of β-amino-alcohol motifs (C(OH)–C–C–N with tert-alkyl or cyclic N) is 1.